The fourth-order valence-corrected chi connectivity index (χ4v) is 2.94. The number of amides is 1. The van der Waals surface area contributed by atoms with Gasteiger partial charge in [0.05, 0.1) is 17.8 Å². The second-order valence-electron chi connectivity index (χ2n) is 4.62. The van der Waals surface area contributed by atoms with Crippen LogP contribution in [0.2, 0.25) is 0 Å². The van der Waals surface area contributed by atoms with Gasteiger partial charge >= 0.3 is 0 Å². The molecule has 2 heterocycles. The van der Waals surface area contributed by atoms with E-state index >= 15 is 0 Å². The molecule has 0 saturated carbocycles. The third kappa shape index (κ3) is 1.96. The van der Waals surface area contributed by atoms with Crippen molar-refractivity contribution in [3.05, 3.63) is 45.4 Å². The van der Waals surface area contributed by atoms with Gasteiger partial charge in [0.25, 0.3) is 11.7 Å². The van der Waals surface area contributed by atoms with Gasteiger partial charge in [-0.2, -0.15) is 0 Å². The van der Waals surface area contributed by atoms with Crippen molar-refractivity contribution in [2.24, 2.45) is 0 Å². The number of thiazole rings is 1. The molecule has 1 aliphatic heterocycles. The Balaban J connectivity index is 1.99. The van der Waals surface area contributed by atoms with Crippen LogP contribution >= 0.6 is 11.3 Å². The summed E-state index contributed by atoms with van der Waals surface area (Å²) in [5.74, 6) is -0.888. The number of nitrogens with zero attached hydrogens (tertiary/aromatic N) is 2. The Kier molecular flexibility index (Phi) is 2.71. The summed E-state index contributed by atoms with van der Waals surface area (Å²) >= 11 is 1.50. The fraction of sp³-hybridized carbons (Fsp3) is 0.214. The number of benzene rings is 1. The number of hydrogen-bond acceptors (Lipinski definition) is 4. The summed E-state index contributed by atoms with van der Waals surface area (Å²) in [6.07, 6.45) is 0. The van der Waals surface area contributed by atoms with Crippen LogP contribution in [0.5, 0.6) is 0 Å². The summed E-state index contributed by atoms with van der Waals surface area (Å²) in [4.78, 5) is 29.8. The Morgan fingerprint density at radius 2 is 2.05 bits per heavy atom. The average molecular weight is 272 g/mol. The molecule has 0 radical (unpaired) electrons. The maximum atomic E-state index is 12.0. The van der Waals surface area contributed by atoms with E-state index in [1.165, 1.54) is 16.2 Å². The van der Waals surface area contributed by atoms with Crippen molar-refractivity contribution in [3.8, 4) is 0 Å². The quantitative estimate of drug-likeness (QED) is 0.789. The molecule has 3 rings (SSSR count). The van der Waals surface area contributed by atoms with Gasteiger partial charge in [-0.1, -0.05) is 11.6 Å². The molecule has 0 fully saturated rings. The minimum absolute atomic E-state index is 0.360. The zero-order valence-corrected chi connectivity index (χ0v) is 11.5. The number of anilines is 1. The Bertz CT molecular complexity index is 691. The highest BCUT2D eigenvalue weighted by atomic mass is 32.1. The van der Waals surface area contributed by atoms with Gasteiger partial charge in [0, 0.05) is 11.1 Å². The van der Waals surface area contributed by atoms with Crippen LogP contribution < -0.4 is 4.90 Å². The number of rotatable bonds is 2. The summed E-state index contributed by atoms with van der Waals surface area (Å²) in [7, 11) is 0. The van der Waals surface area contributed by atoms with Crippen molar-refractivity contribution < 1.29 is 9.59 Å². The van der Waals surface area contributed by atoms with Crippen LogP contribution in [0.1, 0.15) is 26.6 Å². The maximum absolute atomic E-state index is 12.0. The minimum Gasteiger partial charge on any atom is -0.298 e. The Morgan fingerprint density at radius 3 is 2.74 bits per heavy atom. The third-order valence-electron chi connectivity index (χ3n) is 3.09. The molecule has 2 aromatic rings. The second kappa shape index (κ2) is 4.28. The van der Waals surface area contributed by atoms with Crippen LogP contribution in [0.25, 0.3) is 0 Å². The molecule has 1 amide bonds. The first-order valence-corrected chi connectivity index (χ1v) is 6.82. The number of hydrogen-bond donors (Lipinski definition) is 0. The Morgan fingerprint density at radius 1 is 1.26 bits per heavy atom. The first-order valence-electron chi connectivity index (χ1n) is 5.94. The van der Waals surface area contributed by atoms with Gasteiger partial charge in [-0.25, -0.2) is 4.98 Å². The molecule has 5 heteroatoms. The van der Waals surface area contributed by atoms with Crippen LogP contribution in [0, 0.1) is 13.8 Å². The summed E-state index contributed by atoms with van der Waals surface area (Å²) in [5, 5.41) is 2.78. The molecule has 96 valence electrons. The van der Waals surface area contributed by atoms with Crippen LogP contribution in [-0.4, -0.2) is 16.7 Å². The van der Waals surface area contributed by atoms with E-state index < -0.39 is 11.7 Å². The van der Waals surface area contributed by atoms with Gasteiger partial charge in [-0.3, -0.25) is 14.5 Å². The second-order valence-corrected chi connectivity index (χ2v) is 5.57. The van der Waals surface area contributed by atoms with E-state index in [0.29, 0.717) is 17.8 Å². The predicted octanol–water partition coefficient (Wildman–Crippen LogP) is 2.49. The predicted molar refractivity (Wildman–Crippen MR) is 73.6 cm³/mol. The third-order valence-corrected chi connectivity index (χ3v) is 4.04. The molecule has 0 unspecified atom stereocenters. The lowest BCUT2D eigenvalue weighted by Crippen LogP contribution is -2.29. The highest BCUT2D eigenvalue weighted by Crippen LogP contribution is 2.31. The van der Waals surface area contributed by atoms with E-state index in [-0.39, 0.29) is 0 Å². The van der Waals surface area contributed by atoms with Crippen molar-refractivity contribution in [1.29, 1.82) is 0 Å². The van der Waals surface area contributed by atoms with Crippen molar-refractivity contribution in [2.75, 3.05) is 4.90 Å². The fourth-order valence-electron chi connectivity index (χ4n) is 2.18. The zero-order valence-electron chi connectivity index (χ0n) is 10.6. The number of fused-ring (bicyclic) bond motifs is 1. The standard InChI is InChI=1S/C14H12N2O2S/c1-8-3-4-11-10(5-8)13(17)14(18)16(11)6-12-15-9(2)7-19-12/h3-5,7H,6H2,1-2H3. The molecule has 1 aliphatic rings. The maximum Gasteiger partial charge on any atom is 0.299 e. The molecule has 4 nitrogen and oxygen atoms in total. The molecule has 0 spiro atoms. The van der Waals surface area contributed by atoms with Gasteiger partial charge in [0.15, 0.2) is 0 Å². The number of carbonyl (C=O) groups excluding carboxylic acids is 2. The largest absolute Gasteiger partial charge is 0.299 e. The van der Waals surface area contributed by atoms with E-state index in [1.807, 2.05) is 31.4 Å². The van der Waals surface area contributed by atoms with Gasteiger partial charge in [-0.05, 0) is 26.0 Å². The first-order chi connectivity index (χ1) is 9.06. The lowest BCUT2D eigenvalue weighted by Gasteiger charge is -2.14. The van der Waals surface area contributed by atoms with E-state index in [2.05, 4.69) is 4.98 Å². The Labute approximate surface area is 114 Å². The molecule has 1 aromatic heterocycles. The molecule has 0 saturated heterocycles. The summed E-state index contributed by atoms with van der Waals surface area (Å²) in [6, 6.07) is 5.50. The molecular formula is C14H12N2O2S. The van der Waals surface area contributed by atoms with Gasteiger partial charge in [0.2, 0.25) is 0 Å². The normalized spacial score (nSPS) is 14.1. The van der Waals surface area contributed by atoms with Gasteiger partial charge < -0.3 is 0 Å². The SMILES string of the molecule is Cc1ccc2c(c1)C(=O)C(=O)N2Cc1nc(C)cs1. The van der Waals surface area contributed by atoms with Crippen molar-refractivity contribution >= 4 is 28.7 Å². The molecule has 0 aliphatic carbocycles. The topological polar surface area (TPSA) is 50.3 Å². The summed E-state index contributed by atoms with van der Waals surface area (Å²) < 4.78 is 0. The molecule has 0 bridgehead atoms. The van der Waals surface area contributed by atoms with Crippen molar-refractivity contribution in [2.45, 2.75) is 20.4 Å². The smallest absolute Gasteiger partial charge is 0.298 e. The summed E-state index contributed by atoms with van der Waals surface area (Å²) in [6.45, 7) is 4.18. The van der Waals surface area contributed by atoms with E-state index in [4.69, 9.17) is 0 Å². The number of ketones is 1. The average Bonchev–Trinajstić information content (AvgIpc) is 2.88. The zero-order chi connectivity index (χ0) is 13.6. The van der Waals surface area contributed by atoms with Crippen LogP contribution in [0.3, 0.4) is 0 Å². The lowest BCUT2D eigenvalue weighted by molar-refractivity contribution is -0.114. The van der Waals surface area contributed by atoms with E-state index in [9.17, 15) is 9.59 Å². The van der Waals surface area contributed by atoms with Crippen molar-refractivity contribution in [1.82, 2.24) is 4.98 Å². The number of Topliss-reactive ketones (excluding diaryl/α,β-unsaturated/α-hetero) is 1. The molecule has 1 aromatic carbocycles. The van der Waals surface area contributed by atoms with Crippen molar-refractivity contribution in [3.63, 3.8) is 0 Å². The number of aryl methyl sites for hydroxylation is 2. The molecule has 19 heavy (non-hydrogen) atoms. The lowest BCUT2D eigenvalue weighted by atomic mass is 10.1. The molecule has 0 atom stereocenters. The van der Waals surface area contributed by atoms with E-state index in [1.54, 1.807) is 6.07 Å². The van der Waals surface area contributed by atoms with Crippen LogP contribution in [-0.2, 0) is 11.3 Å². The van der Waals surface area contributed by atoms with Crippen LogP contribution in [0.15, 0.2) is 23.6 Å². The highest BCUT2D eigenvalue weighted by molar-refractivity contribution is 7.09. The van der Waals surface area contributed by atoms with Gasteiger partial charge in [-0.15, -0.1) is 11.3 Å². The number of aromatic nitrogens is 1. The first kappa shape index (κ1) is 12.0. The minimum atomic E-state index is -0.464. The summed E-state index contributed by atoms with van der Waals surface area (Å²) in [5.41, 5.74) is 3.10. The van der Waals surface area contributed by atoms with E-state index in [0.717, 1.165) is 16.3 Å². The number of carbonyl (C=O) groups is 2. The highest BCUT2D eigenvalue weighted by Gasteiger charge is 2.36. The monoisotopic (exact) mass is 272 g/mol. The molecular weight excluding hydrogens is 260 g/mol. The Hall–Kier alpha value is -2.01. The molecule has 0 N–H and O–H groups in total. The van der Waals surface area contributed by atoms with Crippen LogP contribution in [0.4, 0.5) is 5.69 Å². The van der Waals surface area contributed by atoms with Gasteiger partial charge in [0.1, 0.15) is 5.01 Å².